The molecule has 0 bridgehead atoms. The van der Waals surface area contributed by atoms with E-state index in [1.54, 1.807) is 9.80 Å². The Labute approximate surface area is 229 Å². The van der Waals surface area contributed by atoms with Crippen molar-refractivity contribution in [2.75, 3.05) is 37.8 Å². The fraction of sp³-hybridized carbons (Fsp3) is 0.323. The second-order valence-electron chi connectivity index (χ2n) is 10.1. The molecule has 0 radical (unpaired) electrons. The molecule has 39 heavy (non-hydrogen) atoms. The average molecular weight is 527 g/mol. The number of amides is 3. The molecule has 202 valence electrons. The Kier molecular flexibility index (Phi) is 8.22. The van der Waals surface area contributed by atoms with Crippen LogP contribution in [0.1, 0.15) is 24.0 Å². The molecule has 8 nitrogen and oxygen atoms in total. The lowest BCUT2D eigenvalue weighted by Gasteiger charge is -2.43. The largest absolute Gasteiger partial charge is 0.367 e. The summed E-state index contributed by atoms with van der Waals surface area (Å²) in [4.78, 5) is 45.0. The van der Waals surface area contributed by atoms with E-state index in [0.717, 1.165) is 16.8 Å². The van der Waals surface area contributed by atoms with Crippen molar-refractivity contribution in [3.63, 3.8) is 0 Å². The molecule has 0 aliphatic carbocycles. The Bertz CT molecular complexity index is 1260. The minimum absolute atomic E-state index is 0.00590. The van der Waals surface area contributed by atoms with Crippen LogP contribution in [0.4, 0.5) is 5.69 Å². The normalized spacial score (nSPS) is 16.5. The molecule has 2 aliphatic rings. The molecule has 3 aromatic carbocycles. The van der Waals surface area contributed by atoms with Crippen LogP contribution in [-0.2, 0) is 32.3 Å². The predicted octanol–water partition coefficient (Wildman–Crippen LogP) is 3.19. The van der Waals surface area contributed by atoms with Crippen molar-refractivity contribution >= 4 is 23.4 Å². The van der Waals surface area contributed by atoms with E-state index in [0.29, 0.717) is 45.8 Å². The molecular weight excluding hydrogens is 492 g/mol. The highest BCUT2D eigenvalue weighted by Gasteiger charge is 2.54. The van der Waals surface area contributed by atoms with Crippen molar-refractivity contribution in [2.24, 2.45) is 0 Å². The van der Waals surface area contributed by atoms with Crippen molar-refractivity contribution in [1.82, 2.24) is 15.1 Å². The lowest BCUT2D eigenvalue weighted by atomic mass is 9.85. The van der Waals surface area contributed by atoms with Crippen LogP contribution in [0.3, 0.4) is 0 Å². The summed E-state index contributed by atoms with van der Waals surface area (Å²) in [7, 11) is 0. The highest BCUT2D eigenvalue weighted by molar-refractivity contribution is 5.96. The molecular formula is C31H34N4O4. The van der Waals surface area contributed by atoms with Crippen LogP contribution >= 0.6 is 0 Å². The Hall–Kier alpha value is -4.17. The Morgan fingerprint density at radius 1 is 0.821 bits per heavy atom. The van der Waals surface area contributed by atoms with E-state index in [1.165, 1.54) is 0 Å². The number of hydrogen-bond acceptors (Lipinski definition) is 5. The van der Waals surface area contributed by atoms with E-state index in [9.17, 15) is 14.4 Å². The number of hydrogen-bond donors (Lipinski definition) is 1. The van der Waals surface area contributed by atoms with Gasteiger partial charge in [0.15, 0.2) is 0 Å². The predicted molar refractivity (Wildman–Crippen MR) is 148 cm³/mol. The molecule has 0 saturated carbocycles. The summed E-state index contributed by atoms with van der Waals surface area (Å²) < 4.78 is 5.66. The van der Waals surface area contributed by atoms with Gasteiger partial charge >= 0.3 is 0 Å². The van der Waals surface area contributed by atoms with E-state index in [-0.39, 0.29) is 30.9 Å². The Balaban J connectivity index is 1.21. The van der Waals surface area contributed by atoms with Gasteiger partial charge in [0, 0.05) is 25.3 Å². The van der Waals surface area contributed by atoms with Crippen molar-refractivity contribution in [3.8, 4) is 0 Å². The summed E-state index contributed by atoms with van der Waals surface area (Å²) in [6, 6.07) is 29.3. The third-order valence-electron chi connectivity index (χ3n) is 7.53. The quantitative estimate of drug-likeness (QED) is 0.463. The highest BCUT2D eigenvalue weighted by atomic mass is 16.5. The third kappa shape index (κ3) is 6.12. The van der Waals surface area contributed by atoms with E-state index in [1.807, 2.05) is 91.0 Å². The van der Waals surface area contributed by atoms with Crippen LogP contribution in [0.5, 0.6) is 0 Å². The topological polar surface area (TPSA) is 82.2 Å². The average Bonchev–Trinajstić information content (AvgIpc) is 3.24. The molecule has 1 N–H and O–H groups in total. The maximum absolute atomic E-state index is 13.9. The van der Waals surface area contributed by atoms with E-state index >= 15 is 0 Å². The number of rotatable bonds is 9. The molecule has 5 rings (SSSR count). The number of ether oxygens (including phenoxy) is 1. The lowest BCUT2D eigenvalue weighted by molar-refractivity contribution is -0.142. The van der Waals surface area contributed by atoms with Crippen LogP contribution in [0, 0.1) is 0 Å². The van der Waals surface area contributed by atoms with Crippen LogP contribution < -0.4 is 10.2 Å². The first-order valence-corrected chi connectivity index (χ1v) is 13.4. The second kappa shape index (κ2) is 12.1. The molecule has 1 spiro atoms. The minimum Gasteiger partial charge on any atom is -0.367 e. The van der Waals surface area contributed by atoms with Gasteiger partial charge in [0.2, 0.25) is 11.8 Å². The summed E-state index contributed by atoms with van der Waals surface area (Å²) in [5, 5.41) is 2.93. The first-order valence-electron chi connectivity index (χ1n) is 13.4. The standard InChI is InChI=1S/C31H34N4O4/c36-28(32-20-25-10-4-1-5-11-25)21-34-24-35(27-14-8-3-9-15-27)31(30(34)38)16-18-33(19-17-31)29(37)23-39-22-26-12-6-2-7-13-26/h1-15H,16-24H2,(H,32,36). The van der Waals surface area contributed by atoms with E-state index in [4.69, 9.17) is 4.74 Å². The van der Waals surface area contributed by atoms with Crippen molar-refractivity contribution in [2.45, 2.75) is 31.5 Å². The van der Waals surface area contributed by atoms with Crippen LogP contribution in [0.15, 0.2) is 91.0 Å². The highest BCUT2D eigenvalue weighted by Crippen LogP contribution is 2.39. The number of nitrogens with one attached hydrogen (secondary N) is 1. The van der Waals surface area contributed by atoms with Gasteiger partial charge < -0.3 is 24.8 Å². The number of carbonyl (C=O) groups is 3. The first kappa shape index (κ1) is 26.4. The number of anilines is 1. The zero-order chi connectivity index (χ0) is 27.1. The molecule has 2 saturated heterocycles. The van der Waals surface area contributed by atoms with Crippen molar-refractivity contribution in [1.29, 1.82) is 0 Å². The molecule has 3 aromatic rings. The Morgan fingerprint density at radius 3 is 2.05 bits per heavy atom. The van der Waals surface area contributed by atoms with Crippen LogP contribution in [0.2, 0.25) is 0 Å². The van der Waals surface area contributed by atoms with Gasteiger partial charge in [0.1, 0.15) is 18.7 Å². The Morgan fingerprint density at radius 2 is 1.41 bits per heavy atom. The number of para-hydroxylation sites is 1. The maximum Gasteiger partial charge on any atom is 0.250 e. The van der Waals surface area contributed by atoms with Gasteiger partial charge in [-0.05, 0) is 36.1 Å². The van der Waals surface area contributed by atoms with Crippen LogP contribution in [0.25, 0.3) is 0 Å². The van der Waals surface area contributed by atoms with Crippen molar-refractivity contribution < 1.29 is 19.1 Å². The molecule has 3 amide bonds. The van der Waals surface area contributed by atoms with Gasteiger partial charge in [0.05, 0.1) is 13.3 Å². The fourth-order valence-electron chi connectivity index (χ4n) is 5.40. The third-order valence-corrected chi connectivity index (χ3v) is 7.53. The van der Waals surface area contributed by atoms with E-state index in [2.05, 4.69) is 10.2 Å². The minimum atomic E-state index is -0.789. The smallest absolute Gasteiger partial charge is 0.250 e. The number of nitrogens with zero attached hydrogens (tertiary/aromatic N) is 3. The molecule has 0 aromatic heterocycles. The molecule has 0 atom stereocenters. The summed E-state index contributed by atoms with van der Waals surface area (Å²) in [5.41, 5.74) is 2.17. The van der Waals surface area contributed by atoms with Crippen molar-refractivity contribution in [3.05, 3.63) is 102 Å². The van der Waals surface area contributed by atoms with Gasteiger partial charge in [-0.25, -0.2) is 0 Å². The van der Waals surface area contributed by atoms with Gasteiger partial charge in [-0.3, -0.25) is 14.4 Å². The summed E-state index contributed by atoms with van der Waals surface area (Å²) in [6.45, 7) is 2.03. The monoisotopic (exact) mass is 526 g/mol. The van der Waals surface area contributed by atoms with Gasteiger partial charge in [-0.1, -0.05) is 78.9 Å². The maximum atomic E-state index is 13.9. The zero-order valence-corrected chi connectivity index (χ0v) is 22.0. The van der Waals surface area contributed by atoms with Gasteiger partial charge in [-0.2, -0.15) is 0 Å². The zero-order valence-electron chi connectivity index (χ0n) is 22.0. The SMILES string of the molecule is O=C(CN1CN(c2ccccc2)C2(CCN(C(=O)COCc3ccccc3)CC2)C1=O)NCc1ccccc1. The summed E-state index contributed by atoms with van der Waals surface area (Å²) in [5.74, 6) is -0.330. The lowest BCUT2D eigenvalue weighted by Crippen LogP contribution is -2.57. The summed E-state index contributed by atoms with van der Waals surface area (Å²) >= 11 is 0. The molecule has 2 aliphatic heterocycles. The number of piperidine rings is 1. The first-order chi connectivity index (χ1) is 19.0. The molecule has 2 fully saturated rings. The van der Waals surface area contributed by atoms with Gasteiger partial charge in [0.25, 0.3) is 5.91 Å². The molecule has 0 unspecified atom stereocenters. The number of carbonyl (C=O) groups excluding carboxylic acids is 3. The number of likely N-dealkylation sites (tertiary alicyclic amines) is 1. The fourth-order valence-corrected chi connectivity index (χ4v) is 5.40. The molecule has 8 heteroatoms. The van der Waals surface area contributed by atoms with Gasteiger partial charge in [-0.15, -0.1) is 0 Å². The van der Waals surface area contributed by atoms with E-state index < -0.39 is 5.54 Å². The number of benzene rings is 3. The van der Waals surface area contributed by atoms with Crippen LogP contribution in [-0.4, -0.2) is 66.0 Å². The molecule has 2 heterocycles. The second-order valence-corrected chi connectivity index (χ2v) is 10.1. The summed E-state index contributed by atoms with van der Waals surface area (Å²) in [6.07, 6.45) is 0.987.